The second-order valence-corrected chi connectivity index (χ2v) is 54.9. The number of fused-ring (bicyclic) bond motifs is 12. The number of hydrogen-bond acceptors (Lipinski definition) is 0. The molecule has 24 saturated carbocycles. The molecular formula is C115H214. The number of hydrogen-bond donors (Lipinski definition) is 0. The molecule has 0 saturated heterocycles. The first kappa shape index (κ1) is 94.1. The van der Waals surface area contributed by atoms with Crippen molar-refractivity contribution >= 4 is 0 Å². The summed E-state index contributed by atoms with van der Waals surface area (Å²) < 4.78 is 20.8. The van der Waals surface area contributed by atoms with Crippen molar-refractivity contribution in [3.63, 3.8) is 0 Å². The van der Waals surface area contributed by atoms with Crippen molar-refractivity contribution in [2.75, 3.05) is 0 Å². The van der Waals surface area contributed by atoms with Crippen LogP contribution >= 0.6 is 0 Å². The van der Waals surface area contributed by atoms with E-state index in [4.69, 9.17) is 4.11 Å². The highest BCUT2D eigenvalue weighted by molar-refractivity contribution is 5.03. The standard InChI is InChI=1S/C16H30.C14H26.C12H20.C12H22.2C11H20.2C10H18.C9H16.2C5H12/c1-13-6-8-16(9-7-13)11-14(2,3)10-15(4,5)12-16;1-12-4-6-14(7-5-12)10-8-13(2,3)9-11-14;1-2-12-6-9-3-10(7-12)5-11(4-9)8-12;1-11-5-9-12(10-6-11)7-3-2-4-8-12;1-8-9-4-6-10(7-5-9)11(8,2)3;1-10-4-8-11(9-5-10)6-2-3-7-11;1-8-7-9-3-5-10(8,2)6-4-9;1-7-8(2)10-5-3-9(7)4-6-10;1-7-6-8-2-4-9(7)5-3-8;2*1-5(2,3)4/h13H,6-12H2,1-5H3;12H,4-11H2,1-3H3;9-11H,2-8H2,1H3;11H,2-10H2,1H3;8-10H,4-7H2,1-3H3;10H,2-9H2,1H3;8-9H,3-7H2,1-2H3;7-10H,3-6H2,1-2H3;7-9H,2-6H2,1H3;2*1-4H3/t;;;;8-,9?,10?;;8-,9?,10?;7-,8?,9?,10?;7-,8?,9?;;/m....1.000../s1/i;;;;;;;;;1D3;. The Morgan fingerprint density at radius 1 is 0.296 bits per heavy atom. The van der Waals surface area contributed by atoms with E-state index in [1.165, 1.54) is 244 Å². The van der Waals surface area contributed by atoms with E-state index < -0.39 is 12.3 Å². The Labute approximate surface area is 730 Å². The van der Waals surface area contributed by atoms with Gasteiger partial charge in [0.15, 0.2) is 0 Å². The minimum absolute atomic E-state index is 0.500. The van der Waals surface area contributed by atoms with E-state index in [-0.39, 0.29) is 0 Å². The predicted molar refractivity (Wildman–Crippen MR) is 512 cm³/mol. The van der Waals surface area contributed by atoms with Crippen LogP contribution < -0.4 is 0 Å². The summed E-state index contributed by atoms with van der Waals surface area (Å²) in [5.74, 6) is 20.3. The highest BCUT2D eigenvalue weighted by atomic mass is 14.6. The summed E-state index contributed by atoms with van der Waals surface area (Å²) in [6.45, 7) is 58.8. The summed E-state index contributed by atoms with van der Waals surface area (Å²) in [5.41, 5.74) is 7.16. The second kappa shape index (κ2) is 42.1. The van der Waals surface area contributed by atoms with E-state index in [0.717, 1.165) is 140 Å². The Morgan fingerprint density at radius 3 is 0.896 bits per heavy atom. The van der Waals surface area contributed by atoms with Crippen molar-refractivity contribution in [3.8, 4) is 0 Å². The van der Waals surface area contributed by atoms with Crippen molar-refractivity contribution in [2.24, 2.45) is 177 Å². The quantitative estimate of drug-likeness (QED) is 0.245. The van der Waals surface area contributed by atoms with Gasteiger partial charge in [-0.1, -0.05) is 290 Å². The van der Waals surface area contributed by atoms with Crippen LogP contribution in [-0.4, -0.2) is 0 Å². The normalized spacial score (nSPS) is 40.3. The first-order chi connectivity index (χ1) is 54.9. The van der Waals surface area contributed by atoms with Gasteiger partial charge < -0.3 is 0 Å². The third-order valence-corrected chi connectivity index (χ3v) is 39.5. The topological polar surface area (TPSA) is 0 Å². The van der Waals surface area contributed by atoms with Crippen molar-refractivity contribution < 1.29 is 4.11 Å². The van der Waals surface area contributed by atoms with Gasteiger partial charge in [-0.25, -0.2) is 0 Å². The summed E-state index contributed by atoms with van der Waals surface area (Å²) in [4.78, 5) is 0. The van der Waals surface area contributed by atoms with E-state index in [1.807, 2.05) is 0 Å². The number of rotatable bonds is 1. The van der Waals surface area contributed by atoms with Gasteiger partial charge in [-0.2, -0.15) is 0 Å². The Balaban J connectivity index is 0.000000149. The molecular weight excluding hydrogens is 1380 g/mol. The van der Waals surface area contributed by atoms with Gasteiger partial charge in [-0.3, -0.25) is 0 Å². The summed E-state index contributed by atoms with van der Waals surface area (Å²) in [5, 5.41) is 0. The fourth-order valence-electron chi connectivity index (χ4n) is 31.4. The molecule has 24 fully saturated rings. The molecule has 0 N–H and O–H groups in total. The molecule has 0 nitrogen and oxygen atoms in total. The van der Waals surface area contributed by atoms with Crippen LogP contribution in [0.5, 0.6) is 0 Å². The van der Waals surface area contributed by atoms with E-state index in [9.17, 15) is 0 Å². The van der Waals surface area contributed by atoms with Crippen molar-refractivity contribution in [1.29, 1.82) is 0 Å². The Morgan fingerprint density at radius 2 is 0.626 bits per heavy atom. The summed E-state index contributed by atoms with van der Waals surface area (Å²) in [6.07, 6.45) is 87.1. The molecule has 12 bridgehead atoms. The molecule has 0 heterocycles. The molecule has 0 aliphatic heterocycles. The fourth-order valence-corrected chi connectivity index (χ4v) is 31.4. The van der Waals surface area contributed by atoms with Crippen molar-refractivity contribution in [2.45, 2.75) is 553 Å². The maximum atomic E-state index is 6.92. The van der Waals surface area contributed by atoms with Crippen LogP contribution in [0.4, 0.5) is 0 Å². The Kier molecular flexibility index (Phi) is 34.4. The summed E-state index contributed by atoms with van der Waals surface area (Å²) >= 11 is 0. The lowest BCUT2D eigenvalue weighted by atomic mass is 9.49. The average Bonchev–Trinajstić information content (AvgIpc) is 0.821. The summed E-state index contributed by atoms with van der Waals surface area (Å²) in [6, 6.07) is 0. The lowest BCUT2D eigenvalue weighted by Gasteiger charge is -2.56. The van der Waals surface area contributed by atoms with Crippen LogP contribution in [0.1, 0.15) is 557 Å². The fraction of sp³-hybridized carbons (Fsp3) is 1.00. The predicted octanol–water partition coefficient (Wildman–Crippen LogP) is 38.4. The van der Waals surface area contributed by atoms with Gasteiger partial charge in [0.1, 0.15) is 0 Å². The molecule has 115 heavy (non-hydrogen) atoms. The molecule has 5 atom stereocenters. The van der Waals surface area contributed by atoms with Crippen molar-refractivity contribution in [1.82, 2.24) is 0 Å². The van der Waals surface area contributed by atoms with Crippen LogP contribution in [0.2, 0.25) is 0 Å². The highest BCUT2D eigenvalue weighted by Crippen LogP contribution is 2.64. The third kappa shape index (κ3) is 30.4. The lowest BCUT2D eigenvalue weighted by molar-refractivity contribution is -0.0545. The van der Waals surface area contributed by atoms with Gasteiger partial charge in [-0.05, 0) is 441 Å². The second-order valence-electron chi connectivity index (χ2n) is 54.9. The molecule has 0 aromatic rings. The highest BCUT2D eigenvalue weighted by Gasteiger charge is 2.52. The van der Waals surface area contributed by atoms with Crippen LogP contribution in [-0.2, 0) is 0 Å². The van der Waals surface area contributed by atoms with Crippen LogP contribution in [0.3, 0.4) is 0 Å². The first-order valence-corrected chi connectivity index (χ1v) is 53.4. The molecule has 0 amide bonds. The Hall–Kier alpha value is 0. The average molecular weight is 1600 g/mol. The molecule has 0 aromatic carbocycles. The summed E-state index contributed by atoms with van der Waals surface area (Å²) in [7, 11) is 0. The minimum atomic E-state index is -1.81. The SMILES string of the molecule is CC(C)(C)C.CC1C2CCC(CC2)[C@H]1C.CC1CCC2(CC1)CC(C)(C)CC(C)(C)C2.CC1CCC2(CC1)CCC(C)(C)CC2.CC1CCC2(CCCC2)CC1.CC1CCC2(CCCCC2)CC1.CCC12CC3CC(CC(C3)C1)C2.C[C@@H]1C2CCC(CC2)C1(C)C.C[C@H]1CC2CCC1(C)CC2.C[C@H]1CC2CCC1CC2.[2H]C([2H])([2H])C(C)(C)C. The molecule has 24 aliphatic rings. The molecule has 0 aromatic heterocycles. The molecule has 674 valence electrons. The van der Waals surface area contributed by atoms with E-state index in [2.05, 4.69) is 159 Å². The molecule has 0 radical (unpaired) electrons. The van der Waals surface area contributed by atoms with E-state index in [1.54, 1.807) is 143 Å². The lowest BCUT2D eigenvalue weighted by Crippen LogP contribution is -2.45. The maximum absolute atomic E-state index is 6.92. The largest absolute Gasteiger partial charge is 0.0649 e. The zero-order valence-electron chi connectivity index (χ0n) is 86.8. The van der Waals surface area contributed by atoms with Gasteiger partial charge >= 0.3 is 0 Å². The third-order valence-electron chi connectivity index (χ3n) is 39.5. The zero-order valence-corrected chi connectivity index (χ0v) is 83.8. The first-order valence-electron chi connectivity index (χ1n) is 54.9. The van der Waals surface area contributed by atoms with Gasteiger partial charge in [-0.15, -0.1) is 0 Å². The van der Waals surface area contributed by atoms with E-state index >= 15 is 0 Å². The zero-order chi connectivity index (χ0) is 86.8. The van der Waals surface area contributed by atoms with Crippen molar-refractivity contribution in [3.05, 3.63) is 0 Å². The van der Waals surface area contributed by atoms with Gasteiger partial charge in [0.05, 0.1) is 0 Å². The molecule has 0 heteroatoms. The molecule has 4 spiro atoms. The molecule has 1 unspecified atom stereocenters. The van der Waals surface area contributed by atoms with Crippen LogP contribution in [0.25, 0.3) is 0 Å². The molecule has 24 aliphatic carbocycles. The smallest absolute Gasteiger partial charge is 0.0236 e. The Bertz CT molecular complexity index is 2690. The minimum Gasteiger partial charge on any atom is -0.0649 e. The monoisotopic (exact) mass is 1600 g/mol. The van der Waals surface area contributed by atoms with Crippen LogP contribution in [0, 0.1) is 177 Å². The van der Waals surface area contributed by atoms with Crippen LogP contribution in [0.15, 0.2) is 0 Å². The maximum Gasteiger partial charge on any atom is 0.0236 e. The van der Waals surface area contributed by atoms with Gasteiger partial charge in [0, 0.05) is 4.11 Å². The van der Waals surface area contributed by atoms with Gasteiger partial charge in [0.25, 0.3) is 0 Å². The van der Waals surface area contributed by atoms with Gasteiger partial charge in [0.2, 0.25) is 0 Å². The molecule has 24 rings (SSSR count). The van der Waals surface area contributed by atoms with E-state index in [0.29, 0.717) is 32.5 Å².